The van der Waals surface area contributed by atoms with Gasteiger partial charge in [-0.3, -0.25) is 4.79 Å². The molecule has 0 spiro atoms. The molecule has 1 amide bonds. The first kappa shape index (κ1) is 14.3. The number of rotatable bonds is 3. The van der Waals surface area contributed by atoms with Crippen LogP contribution in [0, 0.1) is 6.92 Å². The minimum absolute atomic E-state index is 0.150. The summed E-state index contributed by atoms with van der Waals surface area (Å²) in [5, 5.41) is 4.98. The third-order valence-electron chi connectivity index (χ3n) is 2.52. The summed E-state index contributed by atoms with van der Waals surface area (Å²) in [4.78, 5) is 16.7. The second-order valence-corrected chi connectivity index (χ2v) is 5.63. The van der Waals surface area contributed by atoms with E-state index in [-0.39, 0.29) is 16.2 Å². The van der Waals surface area contributed by atoms with E-state index in [2.05, 4.69) is 10.3 Å². The van der Waals surface area contributed by atoms with Crippen molar-refractivity contribution >= 4 is 46.1 Å². The maximum absolute atomic E-state index is 12.1. The van der Waals surface area contributed by atoms with Gasteiger partial charge in [-0.2, -0.15) is 0 Å². The molecule has 0 saturated heterocycles. The SMILES string of the molecule is Cc1cc(Cl)nc(Cl)c1NC(=O)C(N)c1cccs1. The lowest BCUT2D eigenvalue weighted by Gasteiger charge is -2.13. The number of halogens is 2. The van der Waals surface area contributed by atoms with E-state index in [4.69, 9.17) is 28.9 Å². The quantitative estimate of drug-likeness (QED) is 0.853. The standard InChI is InChI=1S/C12H11Cl2N3OS/c1-6-5-8(13)16-11(14)10(6)17-12(18)9(15)7-3-2-4-19-7/h2-5,9H,15H2,1H3,(H,17,18). The van der Waals surface area contributed by atoms with Gasteiger partial charge in [-0.1, -0.05) is 29.3 Å². The van der Waals surface area contributed by atoms with Gasteiger partial charge in [-0.25, -0.2) is 4.98 Å². The molecule has 19 heavy (non-hydrogen) atoms. The minimum atomic E-state index is -0.730. The number of aromatic nitrogens is 1. The number of hydrogen-bond acceptors (Lipinski definition) is 4. The Morgan fingerprint density at radius 2 is 2.26 bits per heavy atom. The molecule has 0 aliphatic rings. The van der Waals surface area contributed by atoms with E-state index in [1.165, 1.54) is 11.3 Å². The predicted molar refractivity (Wildman–Crippen MR) is 78.9 cm³/mol. The zero-order valence-corrected chi connectivity index (χ0v) is 12.3. The van der Waals surface area contributed by atoms with E-state index < -0.39 is 6.04 Å². The normalized spacial score (nSPS) is 12.2. The number of anilines is 1. The predicted octanol–water partition coefficient (Wildman–Crippen LogP) is 3.40. The van der Waals surface area contributed by atoms with Gasteiger partial charge in [0.1, 0.15) is 11.2 Å². The van der Waals surface area contributed by atoms with Crippen LogP contribution in [0.5, 0.6) is 0 Å². The van der Waals surface area contributed by atoms with Crippen molar-refractivity contribution < 1.29 is 4.79 Å². The lowest BCUT2D eigenvalue weighted by Crippen LogP contribution is -2.27. The Labute approximate surface area is 124 Å². The molecule has 4 nitrogen and oxygen atoms in total. The Morgan fingerprint density at radius 3 is 2.84 bits per heavy atom. The van der Waals surface area contributed by atoms with Crippen LogP contribution in [0.15, 0.2) is 23.6 Å². The Bertz CT molecular complexity index is 578. The highest BCUT2D eigenvalue weighted by Crippen LogP contribution is 2.27. The fraction of sp³-hybridized carbons (Fsp3) is 0.167. The van der Waals surface area contributed by atoms with Crippen LogP contribution < -0.4 is 11.1 Å². The molecule has 2 rings (SSSR count). The molecular formula is C12H11Cl2N3OS. The van der Waals surface area contributed by atoms with Crippen molar-refractivity contribution in [3.05, 3.63) is 44.3 Å². The molecule has 100 valence electrons. The lowest BCUT2D eigenvalue weighted by atomic mass is 10.2. The number of pyridine rings is 1. The van der Waals surface area contributed by atoms with E-state index in [0.717, 1.165) is 10.4 Å². The fourth-order valence-corrected chi connectivity index (χ4v) is 2.85. The molecule has 0 aromatic carbocycles. The molecule has 1 unspecified atom stereocenters. The summed E-state index contributed by atoms with van der Waals surface area (Å²) in [6.45, 7) is 1.78. The largest absolute Gasteiger partial charge is 0.322 e. The number of carbonyl (C=O) groups is 1. The molecule has 7 heteroatoms. The number of hydrogen-bond donors (Lipinski definition) is 2. The third-order valence-corrected chi connectivity index (χ3v) is 3.94. The Kier molecular flexibility index (Phi) is 4.42. The van der Waals surface area contributed by atoms with Crippen molar-refractivity contribution in [1.82, 2.24) is 4.98 Å². The van der Waals surface area contributed by atoms with E-state index in [0.29, 0.717) is 5.69 Å². The highest BCUT2D eigenvalue weighted by molar-refractivity contribution is 7.10. The molecule has 0 fully saturated rings. The molecule has 2 heterocycles. The van der Waals surface area contributed by atoms with Gasteiger partial charge in [0.25, 0.3) is 0 Å². The topological polar surface area (TPSA) is 68.0 Å². The summed E-state index contributed by atoms with van der Waals surface area (Å²) in [5.41, 5.74) is 7.04. The van der Waals surface area contributed by atoms with Crippen molar-refractivity contribution in [3.63, 3.8) is 0 Å². The second kappa shape index (κ2) is 5.88. The smallest absolute Gasteiger partial charge is 0.246 e. The van der Waals surface area contributed by atoms with Crippen LogP contribution >= 0.6 is 34.5 Å². The summed E-state index contributed by atoms with van der Waals surface area (Å²) in [5.74, 6) is -0.337. The second-order valence-electron chi connectivity index (χ2n) is 3.91. The molecule has 2 aromatic rings. The summed E-state index contributed by atoms with van der Waals surface area (Å²) >= 11 is 13.2. The zero-order valence-electron chi connectivity index (χ0n) is 9.98. The van der Waals surface area contributed by atoms with Crippen LogP contribution in [0.25, 0.3) is 0 Å². The number of thiophene rings is 1. The first-order valence-electron chi connectivity index (χ1n) is 5.41. The molecule has 0 radical (unpaired) electrons. The van der Waals surface area contributed by atoms with Gasteiger partial charge in [-0.15, -0.1) is 11.3 Å². The highest BCUT2D eigenvalue weighted by atomic mass is 35.5. The van der Waals surface area contributed by atoms with Gasteiger partial charge in [0.05, 0.1) is 5.69 Å². The molecule has 1 atom stereocenters. The summed E-state index contributed by atoms with van der Waals surface area (Å²) in [6, 6.07) is 4.55. The van der Waals surface area contributed by atoms with Crippen LogP contribution in [0.3, 0.4) is 0 Å². The van der Waals surface area contributed by atoms with Gasteiger partial charge in [0.15, 0.2) is 5.15 Å². The summed E-state index contributed by atoms with van der Waals surface area (Å²) in [7, 11) is 0. The molecule has 0 saturated carbocycles. The maximum atomic E-state index is 12.1. The van der Waals surface area contributed by atoms with Crippen LogP contribution in [0.2, 0.25) is 10.3 Å². The number of aryl methyl sites for hydroxylation is 1. The summed E-state index contributed by atoms with van der Waals surface area (Å²) < 4.78 is 0. The fourth-order valence-electron chi connectivity index (χ4n) is 1.54. The maximum Gasteiger partial charge on any atom is 0.246 e. The zero-order chi connectivity index (χ0) is 14.0. The molecule has 2 aromatic heterocycles. The van der Waals surface area contributed by atoms with Crippen LogP contribution in [0.1, 0.15) is 16.5 Å². The van der Waals surface area contributed by atoms with E-state index in [9.17, 15) is 4.79 Å². The van der Waals surface area contributed by atoms with E-state index >= 15 is 0 Å². The molecular weight excluding hydrogens is 305 g/mol. The molecule has 0 aliphatic heterocycles. The first-order chi connectivity index (χ1) is 8.99. The number of carbonyl (C=O) groups excluding carboxylic acids is 1. The van der Waals surface area contributed by atoms with Crippen molar-refractivity contribution in [2.24, 2.45) is 5.73 Å². The summed E-state index contributed by atoms with van der Waals surface area (Å²) in [6.07, 6.45) is 0. The molecule has 3 N–H and O–H groups in total. The first-order valence-corrected chi connectivity index (χ1v) is 7.05. The molecule has 0 aliphatic carbocycles. The van der Waals surface area contributed by atoms with Crippen molar-refractivity contribution in [1.29, 1.82) is 0 Å². The number of amides is 1. The molecule has 0 bridgehead atoms. The number of nitrogens with zero attached hydrogens (tertiary/aromatic N) is 1. The number of nitrogens with two attached hydrogens (primary N) is 1. The van der Waals surface area contributed by atoms with Crippen molar-refractivity contribution in [3.8, 4) is 0 Å². The van der Waals surface area contributed by atoms with Crippen LogP contribution in [-0.4, -0.2) is 10.9 Å². The highest BCUT2D eigenvalue weighted by Gasteiger charge is 2.19. The Morgan fingerprint density at radius 1 is 1.53 bits per heavy atom. The Balaban J connectivity index is 2.20. The van der Waals surface area contributed by atoms with Crippen molar-refractivity contribution in [2.45, 2.75) is 13.0 Å². The minimum Gasteiger partial charge on any atom is -0.322 e. The van der Waals surface area contributed by atoms with Gasteiger partial charge in [0, 0.05) is 4.88 Å². The average Bonchev–Trinajstić information content (AvgIpc) is 2.86. The number of nitrogens with one attached hydrogen (secondary N) is 1. The van der Waals surface area contributed by atoms with Crippen LogP contribution in [0.4, 0.5) is 5.69 Å². The Hall–Kier alpha value is -1.14. The van der Waals surface area contributed by atoms with Gasteiger partial charge < -0.3 is 11.1 Å². The monoisotopic (exact) mass is 315 g/mol. The van der Waals surface area contributed by atoms with Gasteiger partial charge >= 0.3 is 0 Å². The van der Waals surface area contributed by atoms with Gasteiger partial charge in [-0.05, 0) is 30.0 Å². The van der Waals surface area contributed by atoms with Crippen LogP contribution in [-0.2, 0) is 4.79 Å². The average molecular weight is 316 g/mol. The van der Waals surface area contributed by atoms with E-state index in [1.54, 1.807) is 13.0 Å². The lowest BCUT2D eigenvalue weighted by molar-refractivity contribution is -0.117. The van der Waals surface area contributed by atoms with Gasteiger partial charge in [0.2, 0.25) is 5.91 Å². The third kappa shape index (κ3) is 3.25. The van der Waals surface area contributed by atoms with Crippen molar-refractivity contribution in [2.75, 3.05) is 5.32 Å². The van der Waals surface area contributed by atoms with E-state index in [1.807, 2.05) is 17.5 Å².